The largest absolute Gasteiger partial charge is 0.508 e. The maximum Gasteiger partial charge on any atom is 0.243 e. The molecule has 31 N–H and O–H groups in total. The average molecular weight is 1700 g/mol. The second-order valence-electron chi connectivity index (χ2n) is 32.9. The van der Waals surface area contributed by atoms with Gasteiger partial charge in [-0.2, -0.15) is 0 Å². The van der Waals surface area contributed by atoms with Crippen molar-refractivity contribution in [2.24, 2.45) is 69.1 Å². The van der Waals surface area contributed by atoms with Gasteiger partial charge < -0.3 is 124 Å². The Labute approximate surface area is 704 Å². The van der Waals surface area contributed by atoms with Gasteiger partial charge in [-0.1, -0.05) is 106 Å². The summed E-state index contributed by atoms with van der Waals surface area (Å²) in [7, 11) is 0. The van der Waals surface area contributed by atoms with Gasteiger partial charge in [0.05, 0.1) is 12.7 Å². The van der Waals surface area contributed by atoms with Crippen molar-refractivity contribution < 1.29 is 77.3 Å². The summed E-state index contributed by atoms with van der Waals surface area (Å²) in [4.78, 5) is 204. The first-order valence-corrected chi connectivity index (χ1v) is 40.8. The Morgan fingerprint density at radius 1 is 0.463 bits per heavy atom. The first-order valence-electron chi connectivity index (χ1n) is 40.8. The molecule has 41 nitrogen and oxygen atoms in total. The Kier molecular flexibility index (Phi) is 38.4. The number of aromatic nitrogens is 2. The van der Waals surface area contributed by atoms with Crippen molar-refractivity contribution in [3.63, 3.8) is 0 Å². The summed E-state index contributed by atoms with van der Waals surface area (Å²) < 4.78 is 0. The molecule has 41 heteroatoms. The lowest BCUT2D eigenvalue weighted by molar-refractivity contribution is -0.146. The summed E-state index contributed by atoms with van der Waals surface area (Å²) in [5, 5.41) is 83.6. The summed E-state index contributed by atoms with van der Waals surface area (Å²) in [5.74, 6) is -14.9. The van der Waals surface area contributed by atoms with Crippen LogP contribution in [0.15, 0.2) is 61.1 Å². The van der Waals surface area contributed by atoms with Crippen LogP contribution in [0.3, 0.4) is 0 Å². The summed E-state index contributed by atoms with van der Waals surface area (Å²) in [6.45, 7) is 19.2. The van der Waals surface area contributed by atoms with Crippen molar-refractivity contribution in [2.45, 2.75) is 245 Å². The normalized spacial score (nSPS) is 18.4. The molecule has 2 saturated carbocycles. The van der Waals surface area contributed by atoms with E-state index in [0.717, 1.165) is 0 Å². The number of carbonyl (C=O) groups is 14. The molecule has 2 aromatic carbocycles. The number of aromatic hydroxyl groups is 2. The van der Waals surface area contributed by atoms with Crippen molar-refractivity contribution in [1.82, 2.24) is 89.7 Å². The highest BCUT2D eigenvalue weighted by molar-refractivity contribution is 6.00. The topological polar surface area (TPSA) is 690 Å². The van der Waals surface area contributed by atoms with Gasteiger partial charge in [0.2, 0.25) is 82.7 Å². The monoisotopic (exact) mass is 1690 g/mol. The third kappa shape index (κ3) is 31.4. The molecular formula is C80H127N25O16. The Morgan fingerprint density at radius 2 is 0.826 bits per heavy atom. The molecule has 16 atom stereocenters. The molecule has 5 rings (SSSR count). The van der Waals surface area contributed by atoms with Gasteiger partial charge in [-0.15, -0.1) is 0 Å². The molecule has 2 aliphatic carbocycles. The van der Waals surface area contributed by atoms with Crippen molar-refractivity contribution in [1.29, 1.82) is 16.2 Å². The zero-order chi connectivity index (χ0) is 90.3. The Morgan fingerprint density at radius 3 is 1.22 bits per heavy atom. The molecule has 0 spiro atoms. The number of nitrogens with zero attached hydrogens (tertiary/aromatic N) is 1. The van der Waals surface area contributed by atoms with E-state index in [9.17, 15) is 77.3 Å². The number of hydrogen-bond donors (Lipinski definition) is 26. The zero-order valence-electron chi connectivity index (χ0n) is 70.8. The van der Waals surface area contributed by atoms with Gasteiger partial charge in [-0.05, 0) is 122 Å². The van der Waals surface area contributed by atoms with Crippen LogP contribution in [0.1, 0.15) is 170 Å². The van der Waals surface area contributed by atoms with E-state index in [0.29, 0.717) is 23.2 Å². The number of nitrogens with one attached hydrogen (secondary N) is 19. The average Bonchev–Trinajstić information content (AvgIpc) is 0.873. The molecule has 1 aromatic heterocycles. The molecule has 0 saturated heterocycles. The van der Waals surface area contributed by atoms with Crippen LogP contribution in [0, 0.1) is 56.6 Å². The summed E-state index contributed by atoms with van der Waals surface area (Å²) >= 11 is 0. The number of hydrogen-bond acceptors (Lipinski definition) is 20. The molecule has 2 aliphatic rings. The number of aromatic amines is 1. The Hall–Kier alpha value is -12.4. The summed E-state index contributed by atoms with van der Waals surface area (Å²) in [5.41, 5.74) is 27.4. The highest BCUT2D eigenvalue weighted by atomic mass is 16.3. The highest BCUT2D eigenvalue weighted by Crippen LogP contribution is 2.48. The molecule has 0 radical (unpaired) electrons. The third-order valence-electron chi connectivity index (χ3n) is 22.3. The van der Waals surface area contributed by atoms with Crippen LogP contribution >= 0.6 is 0 Å². The number of primary amides is 2. The second kappa shape index (κ2) is 46.9. The second-order valence-corrected chi connectivity index (χ2v) is 32.9. The predicted molar refractivity (Wildman–Crippen MR) is 447 cm³/mol. The van der Waals surface area contributed by atoms with Gasteiger partial charge in [0.25, 0.3) is 0 Å². The van der Waals surface area contributed by atoms with E-state index in [-0.39, 0.29) is 138 Å². The molecule has 14 amide bonds. The van der Waals surface area contributed by atoms with Crippen molar-refractivity contribution >= 4 is 101 Å². The number of rotatable bonds is 50. The quantitative estimate of drug-likeness (QED) is 0.0153. The van der Waals surface area contributed by atoms with Gasteiger partial charge in [0.1, 0.15) is 71.9 Å². The van der Waals surface area contributed by atoms with Crippen molar-refractivity contribution in [2.75, 3.05) is 19.6 Å². The number of phenols is 2. The molecule has 0 aliphatic heterocycles. The third-order valence-corrected chi connectivity index (χ3v) is 22.3. The predicted octanol–water partition coefficient (Wildman–Crippen LogP) is -2.93. The minimum atomic E-state index is -1.76. The van der Waals surface area contributed by atoms with Crippen LogP contribution < -0.4 is 108 Å². The number of imidazole rings is 1. The first kappa shape index (κ1) is 99.2. The molecular weight excluding hydrogens is 1570 g/mol. The maximum atomic E-state index is 14.8. The molecule has 1 heterocycles. The van der Waals surface area contributed by atoms with E-state index in [1.54, 1.807) is 81.4 Å². The smallest absolute Gasteiger partial charge is 0.243 e. The lowest BCUT2D eigenvalue weighted by Crippen LogP contribution is -2.67. The van der Waals surface area contributed by atoms with Crippen LogP contribution in [0.2, 0.25) is 0 Å². The van der Waals surface area contributed by atoms with E-state index >= 15 is 0 Å². The van der Waals surface area contributed by atoms with Gasteiger partial charge >= 0.3 is 0 Å². The SMILES string of the molecule is CCC(C)C(NC(=O)C(Cc1ccc(O)cc1)NC(=O)C(Cc1cnc[nH]1)NC(=O)C(CCCNC(=N)N)NC(C)=O)C(=O)NC(CC(N)=O)C(=O)NC(CC(C)C)C(=O)NC(C(=O)NC1CC(C(=O)NC(CCCNC(=N)N)C(=O)NC2CC(C(=O)NC(CCCNC(=N)N)C(=O)NC(Cc3ccc(O)cc3)C(N)=O)C2(C)C)C1(C)C)C(C)CC. The van der Waals surface area contributed by atoms with Crippen molar-refractivity contribution in [3.8, 4) is 11.5 Å². The van der Waals surface area contributed by atoms with E-state index < -0.39 is 196 Å². The minimum absolute atomic E-state index is 0.0105. The molecule has 668 valence electrons. The standard InChI is InChI=1S/C80H127N25O16/c1-12-41(5)62(104-73(119)56(33-45-22-26-48(108)27-23-45)99-70(116)57(34-46-38-89-39-93-46)100-67(113)51(94-43(7)106)17-14-28-90-76(83)84)74(120)101-58(37-61(81)109)71(117)98-55(31-40(3)4)72(118)105-63(42(6)13-2)75(121)103-60-36-50(80(60,10)11)66(112)96-53(19-16-30-92-78(87)88)69(115)102-59-35-49(79(59,8)9)65(111)95-52(18-15-29-91-77(85)86)68(114)97-54(64(82)110)32-44-20-24-47(107)25-21-44/h20-27,38-42,49-60,62-63,107-108H,12-19,28-37H2,1-11H3,(H2,81,109)(H2,82,110)(H,89,93)(H,94,106)(H,95,111)(H,96,112)(H,97,114)(H,98,117)(H,99,116)(H,100,113)(H,101,120)(H,102,115)(H,103,121)(H,104,119)(H,105,118)(H4,83,84,90)(H4,85,86,91)(H4,87,88,92). The van der Waals surface area contributed by atoms with E-state index in [2.05, 4.69) is 89.7 Å². The van der Waals surface area contributed by atoms with Gasteiger partial charge in [0.15, 0.2) is 17.9 Å². The number of carbonyl (C=O) groups excluding carboxylic acids is 14. The van der Waals surface area contributed by atoms with Crippen LogP contribution in [0.5, 0.6) is 11.5 Å². The number of H-pyrrole nitrogens is 1. The van der Waals surface area contributed by atoms with E-state index in [4.69, 9.17) is 44.9 Å². The number of phenolic OH excluding ortho intramolecular Hbond substituents is 2. The summed E-state index contributed by atoms with van der Waals surface area (Å²) in [6, 6.07) is -3.17. The van der Waals surface area contributed by atoms with E-state index in [1.165, 1.54) is 55.8 Å². The van der Waals surface area contributed by atoms with Crippen LogP contribution in [-0.4, -0.2) is 213 Å². The number of amides is 14. The minimum Gasteiger partial charge on any atom is -0.508 e. The lowest BCUT2D eigenvalue weighted by atomic mass is 9.58. The molecule has 2 fully saturated rings. The van der Waals surface area contributed by atoms with Crippen LogP contribution in [0.25, 0.3) is 0 Å². The molecule has 3 aromatic rings. The van der Waals surface area contributed by atoms with Crippen LogP contribution in [0.4, 0.5) is 0 Å². The highest BCUT2D eigenvalue weighted by Gasteiger charge is 2.55. The fraction of sp³-hybridized carbons (Fsp3) is 0.600. The van der Waals surface area contributed by atoms with Gasteiger partial charge in [0, 0.05) is 81.6 Å². The zero-order valence-corrected chi connectivity index (χ0v) is 70.8. The first-order chi connectivity index (χ1) is 56.8. The maximum absolute atomic E-state index is 14.8. The molecule has 121 heavy (non-hydrogen) atoms. The van der Waals surface area contributed by atoms with Gasteiger partial charge in [-0.3, -0.25) is 83.4 Å². The van der Waals surface area contributed by atoms with Gasteiger partial charge in [-0.25, -0.2) is 4.98 Å². The fourth-order valence-electron chi connectivity index (χ4n) is 14.3. The number of guanidine groups is 3. The lowest BCUT2D eigenvalue weighted by Gasteiger charge is -2.52. The summed E-state index contributed by atoms with van der Waals surface area (Å²) in [6.07, 6.45) is 3.23. The Balaban J connectivity index is 1.29. The van der Waals surface area contributed by atoms with E-state index in [1.807, 2.05) is 0 Å². The molecule has 0 bridgehead atoms. The number of nitrogens with two attached hydrogens (primary N) is 5. The fourth-order valence-corrected chi connectivity index (χ4v) is 14.3. The van der Waals surface area contributed by atoms with Crippen molar-refractivity contribution in [3.05, 3.63) is 77.9 Å². The molecule has 16 unspecified atom stereocenters. The number of benzene rings is 2. The Bertz CT molecular complexity index is 4110. The van der Waals surface area contributed by atoms with Crippen LogP contribution in [-0.2, 0) is 86.4 Å².